The fourth-order valence-electron chi connectivity index (χ4n) is 3.69. The molecule has 3 aromatic rings. The van der Waals surface area contributed by atoms with E-state index in [4.69, 9.17) is 4.74 Å². The molecule has 0 spiro atoms. The van der Waals surface area contributed by atoms with E-state index in [1.54, 1.807) is 49.6 Å². The molecule has 0 bridgehead atoms. The summed E-state index contributed by atoms with van der Waals surface area (Å²) in [6.07, 6.45) is 4.28. The molecule has 144 valence electrons. The van der Waals surface area contributed by atoms with Gasteiger partial charge in [0, 0.05) is 24.5 Å². The number of ether oxygens (including phenoxy) is 1. The minimum Gasteiger partial charge on any atom is -0.497 e. The fourth-order valence-corrected chi connectivity index (χ4v) is 3.69. The standard InChI is InChI=1S/C22H23N3O3/c1-28-17-10-8-9-16(15-17)25-21(26)19-12-5-4-11-18(19)20(23-25)22(27)24-13-6-2-3-7-14-24/h4-5,8-12,15H,2-3,6-7,13-14H2,1H3. The third kappa shape index (κ3) is 3.38. The second kappa shape index (κ2) is 7.84. The summed E-state index contributed by atoms with van der Waals surface area (Å²) in [6, 6.07) is 14.3. The van der Waals surface area contributed by atoms with Crippen LogP contribution in [0.25, 0.3) is 16.5 Å². The van der Waals surface area contributed by atoms with E-state index in [9.17, 15) is 9.59 Å². The summed E-state index contributed by atoms with van der Waals surface area (Å²) >= 11 is 0. The fraction of sp³-hybridized carbons (Fsp3) is 0.318. The van der Waals surface area contributed by atoms with Gasteiger partial charge in [-0.2, -0.15) is 9.78 Å². The number of amides is 1. The summed E-state index contributed by atoms with van der Waals surface area (Å²) in [5, 5.41) is 5.59. The predicted octanol–water partition coefficient (Wildman–Crippen LogP) is 3.41. The lowest BCUT2D eigenvalue weighted by atomic mass is 10.1. The lowest BCUT2D eigenvalue weighted by Crippen LogP contribution is -2.34. The number of rotatable bonds is 3. The molecule has 1 aliphatic rings. The lowest BCUT2D eigenvalue weighted by Gasteiger charge is -2.21. The Morgan fingerprint density at radius 1 is 0.964 bits per heavy atom. The number of carbonyl (C=O) groups excluding carboxylic acids is 1. The molecule has 1 fully saturated rings. The molecule has 28 heavy (non-hydrogen) atoms. The normalized spacial score (nSPS) is 14.7. The predicted molar refractivity (Wildman–Crippen MR) is 108 cm³/mol. The zero-order valence-electron chi connectivity index (χ0n) is 15.9. The van der Waals surface area contributed by atoms with E-state index in [2.05, 4.69) is 5.10 Å². The molecule has 0 atom stereocenters. The van der Waals surface area contributed by atoms with Crippen LogP contribution in [0.15, 0.2) is 53.3 Å². The van der Waals surface area contributed by atoms with Gasteiger partial charge in [-0.3, -0.25) is 9.59 Å². The molecule has 0 N–H and O–H groups in total. The van der Waals surface area contributed by atoms with Crippen LogP contribution in [0.1, 0.15) is 36.2 Å². The molecule has 0 unspecified atom stereocenters. The first-order valence-corrected chi connectivity index (χ1v) is 9.65. The van der Waals surface area contributed by atoms with E-state index in [1.165, 1.54) is 4.68 Å². The van der Waals surface area contributed by atoms with E-state index < -0.39 is 0 Å². The Balaban J connectivity index is 1.89. The molecule has 1 amide bonds. The average molecular weight is 377 g/mol. The molecule has 4 rings (SSSR count). The van der Waals surface area contributed by atoms with Crippen LogP contribution >= 0.6 is 0 Å². The highest BCUT2D eigenvalue weighted by Gasteiger charge is 2.23. The quantitative estimate of drug-likeness (QED) is 0.702. The molecule has 0 saturated carbocycles. The molecule has 2 aromatic carbocycles. The highest BCUT2D eigenvalue weighted by molar-refractivity contribution is 6.04. The number of likely N-dealkylation sites (tertiary alicyclic amines) is 1. The number of hydrogen-bond acceptors (Lipinski definition) is 4. The number of hydrogen-bond donors (Lipinski definition) is 0. The summed E-state index contributed by atoms with van der Waals surface area (Å²) in [5.41, 5.74) is 0.635. The highest BCUT2D eigenvalue weighted by Crippen LogP contribution is 2.20. The van der Waals surface area contributed by atoms with Crippen molar-refractivity contribution in [1.82, 2.24) is 14.7 Å². The largest absolute Gasteiger partial charge is 0.497 e. The van der Waals surface area contributed by atoms with Crippen molar-refractivity contribution in [3.05, 3.63) is 64.6 Å². The number of benzene rings is 2. The van der Waals surface area contributed by atoms with Crippen molar-refractivity contribution in [3.8, 4) is 11.4 Å². The van der Waals surface area contributed by atoms with Gasteiger partial charge >= 0.3 is 0 Å². The Morgan fingerprint density at radius 2 is 1.68 bits per heavy atom. The van der Waals surface area contributed by atoms with Crippen LogP contribution in [0.5, 0.6) is 5.75 Å². The molecule has 2 heterocycles. The van der Waals surface area contributed by atoms with E-state index in [-0.39, 0.29) is 11.5 Å². The van der Waals surface area contributed by atoms with Crippen molar-refractivity contribution in [3.63, 3.8) is 0 Å². The van der Waals surface area contributed by atoms with Crippen molar-refractivity contribution >= 4 is 16.7 Å². The molecule has 1 aliphatic heterocycles. The molecule has 0 radical (unpaired) electrons. The van der Waals surface area contributed by atoms with Crippen LogP contribution in [-0.2, 0) is 0 Å². The number of methoxy groups -OCH3 is 1. The smallest absolute Gasteiger partial charge is 0.279 e. The third-order valence-electron chi connectivity index (χ3n) is 5.20. The maximum atomic E-state index is 13.3. The Kier molecular flexibility index (Phi) is 5.10. The topological polar surface area (TPSA) is 64.4 Å². The molecule has 6 nitrogen and oxygen atoms in total. The van der Waals surface area contributed by atoms with E-state index in [1.807, 2.05) is 11.0 Å². The monoisotopic (exact) mass is 377 g/mol. The Labute approximate surface area is 163 Å². The van der Waals surface area contributed by atoms with E-state index >= 15 is 0 Å². The minimum absolute atomic E-state index is 0.116. The van der Waals surface area contributed by atoms with Crippen LogP contribution in [0.2, 0.25) is 0 Å². The maximum absolute atomic E-state index is 13.3. The maximum Gasteiger partial charge on any atom is 0.279 e. The number of nitrogens with zero attached hydrogens (tertiary/aromatic N) is 3. The van der Waals surface area contributed by atoms with Crippen molar-refractivity contribution in [1.29, 1.82) is 0 Å². The Morgan fingerprint density at radius 3 is 2.39 bits per heavy atom. The Bertz CT molecular complexity index is 1070. The van der Waals surface area contributed by atoms with Gasteiger partial charge in [-0.1, -0.05) is 37.1 Å². The molecular weight excluding hydrogens is 354 g/mol. The van der Waals surface area contributed by atoms with Crippen LogP contribution in [-0.4, -0.2) is 40.8 Å². The highest BCUT2D eigenvalue weighted by atomic mass is 16.5. The average Bonchev–Trinajstić information content (AvgIpc) is 3.03. The van der Waals surface area contributed by atoms with Crippen LogP contribution in [0.3, 0.4) is 0 Å². The first kappa shape index (κ1) is 18.2. The van der Waals surface area contributed by atoms with Gasteiger partial charge in [-0.15, -0.1) is 0 Å². The SMILES string of the molecule is COc1cccc(-n2nc(C(=O)N3CCCCCC3)c3ccccc3c2=O)c1. The molecule has 0 aliphatic carbocycles. The number of fused-ring (bicyclic) bond motifs is 1. The van der Waals surface area contributed by atoms with Gasteiger partial charge in [0.25, 0.3) is 11.5 Å². The zero-order valence-corrected chi connectivity index (χ0v) is 15.9. The van der Waals surface area contributed by atoms with Gasteiger partial charge < -0.3 is 9.64 Å². The van der Waals surface area contributed by atoms with Crippen LogP contribution < -0.4 is 10.3 Å². The first-order valence-electron chi connectivity index (χ1n) is 9.65. The second-order valence-electron chi connectivity index (χ2n) is 7.02. The van der Waals surface area contributed by atoms with Gasteiger partial charge in [0.2, 0.25) is 0 Å². The molecule has 1 saturated heterocycles. The van der Waals surface area contributed by atoms with Crippen LogP contribution in [0, 0.1) is 0 Å². The van der Waals surface area contributed by atoms with Gasteiger partial charge in [0.1, 0.15) is 5.75 Å². The van der Waals surface area contributed by atoms with E-state index in [0.717, 1.165) is 38.8 Å². The Hall–Kier alpha value is -3.15. The summed E-state index contributed by atoms with van der Waals surface area (Å²) in [5.74, 6) is 0.509. The number of carbonyl (C=O) groups is 1. The van der Waals surface area contributed by atoms with Crippen molar-refractivity contribution in [2.75, 3.05) is 20.2 Å². The summed E-state index contributed by atoms with van der Waals surface area (Å²) in [4.78, 5) is 28.2. The summed E-state index contributed by atoms with van der Waals surface area (Å²) in [6.45, 7) is 1.46. The van der Waals surface area contributed by atoms with Crippen molar-refractivity contribution in [2.24, 2.45) is 0 Å². The molecule has 6 heteroatoms. The lowest BCUT2D eigenvalue weighted by molar-refractivity contribution is 0.0756. The summed E-state index contributed by atoms with van der Waals surface area (Å²) < 4.78 is 6.57. The third-order valence-corrected chi connectivity index (χ3v) is 5.20. The summed E-state index contributed by atoms with van der Waals surface area (Å²) in [7, 11) is 1.57. The van der Waals surface area contributed by atoms with E-state index in [0.29, 0.717) is 27.9 Å². The number of aromatic nitrogens is 2. The first-order chi connectivity index (χ1) is 13.7. The van der Waals surface area contributed by atoms with Gasteiger partial charge in [0.15, 0.2) is 5.69 Å². The van der Waals surface area contributed by atoms with Crippen LogP contribution in [0.4, 0.5) is 0 Å². The molecular formula is C22H23N3O3. The zero-order chi connectivity index (χ0) is 19.5. The van der Waals surface area contributed by atoms with Crippen molar-refractivity contribution < 1.29 is 9.53 Å². The second-order valence-corrected chi connectivity index (χ2v) is 7.02. The van der Waals surface area contributed by atoms with Gasteiger partial charge in [0.05, 0.1) is 18.2 Å². The van der Waals surface area contributed by atoms with Gasteiger partial charge in [-0.25, -0.2) is 0 Å². The van der Waals surface area contributed by atoms with Crippen molar-refractivity contribution in [2.45, 2.75) is 25.7 Å². The molecule has 1 aromatic heterocycles. The van der Waals surface area contributed by atoms with Gasteiger partial charge in [-0.05, 0) is 31.0 Å². The minimum atomic E-state index is -0.253.